The molecule has 2 aromatic carbocycles. The lowest BCUT2D eigenvalue weighted by Crippen LogP contribution is -2.33. The normalized spacial score (nSPS) is 13.1. The van der Waals surface area contributed by atoms with Crippen LogP contribution in [0.2, 0.25) is 0 Å². The van der Waals surface area contributed by atoms with Crippen LogP contribution in [0.5, 0.6) is 5.75 Å². The first-order valence-corrected chi connectivity index (χ1v) is 9.48. The molecule has 0 aliphatic rings. The molecule has 0 radical (unpaired) electrons. The molecule has 0 amide bonds. The number of aliphatic hydroxyl groups is 1. The Hall–Kier alpha value is -2.48. The highest BCUT2D eigenvalue weighted by atomic mass is 32.2. The summed E-state index contributed by atoms with van der Waals surface area (Å²) in [6.45, 7) is -0.339. The minimum atomic E-state index is -3.83. The van der Waals surface area contributed by atoms with E-state index in [2.05, 4.69) is 4.98 Å². The molecule has 6 nitrogen and oxygen atoms in total. The fourth-order valence-electron chi connectivity index (χ4n) is 2.90. The van der Waals surface area contributed by atoms with Crippen LogP contribution in [0.4, 0.5) is 0 Å². The van der Waals surface area contributed by atoms with Gasteiger partial charge in [-0.05, 0) is 29.8 Å². The molecule has 3 rings (SSSR count). The third-order valence-electron chi connectivity index (χ3n) is 4.41. The summed E-state index contributed by atoms with van der Waals surface area (Å²) in [6.07, 6.45) is 3.19. The Bertz CT molecular complexity index is 998. The average Bonchev–Trinajstić information content (AvgIpc) is 2.68. The van der Waals surface area contributed by atoms with Crippen molar-refractivity contribution in [2.24, 2.45) is 0 Å². The SMILES string of the molecule is COc1ccc(C(CO)N(C)S(=O)(=O)c2cccc3cnccc23)cc1. The van der Waals surface area contributed by atoms with Gasteiger partial charge in [0.15, 0.2) is 0 Å². The van der Waals surface area contributed by atoms with E-state index in [-0.39, 0.29) is 11.5 Å². The number of hydrogen-bond acceptors (Lipinski definition) is 5. The molecule has 136 valence electrons. The standard InChI is InChI=1S/C19H20N2O4S/c1-21(18(13-22)14-6-8-16(25-2)9-7-14)26(23,24)19-5-3-4-15-12-20-11-10-17(15)19/h3-12,18,22H,13H2,1-2H3. The van der Waals surface area contributed by atoms with Gasteiger partial charge in [-0.3, -0.25) is 4.98 Å². The summed E-state index contributed by atoms with van der Waals surface area (Å²) >= 11 is 0. The topological polar surface area (TPSA) is 79.7 Å². The van der Waals surface area contributed by atoms with Gasteiger partial charge in [0.25, 0.3) is 0 Å². The summed E-state index contributed by atoms with van der Waals surface area (Å²) in [5, 5.41) is 11.2. The van der Waals surface area contributed by atoms with E-state index in [1.807, 2.05) is 6.07 Å². The van der Waals surface area contributed by atoms with Crippen molar-refractivity contribution >= 4 is 20.8 Å². The molecule has 0 saturated heterocycles. The molecule has 0 aliphatic carbocycles. The van der Waals surface area contributed by atoms with E-state index in [1.165, 1.54) is 11.4 Å². The third kappa shape index (κ3) is 3.29. The number of aromatic nitrogens is 1. The maximum absolute atomic E-state index is 13.2. The Kier molecular flexibility index (Phi) is 5.22. The zero-order valence-electron chi connectivity index (χ0n) is 14.5. The fraction of sp³-hybridized carbons (Fsp3) is 0.211. The first-order chi connectivity index (χ1) is 12.5. The molecule has 0 fully saturated rings. The number of sulfonamides is 1. The van der Waals surface area contributed by atoms with Gasteiger partial charge in [-0.25, -0.2) is 8.42 Å². The highest BCUT2D eigenvalue weighted by molar-refractivity contribution is 7.89. The van der Waals surface area contributed by atoms with E-state index in [4.69, 9.17) is 4.74 Å². The van der Waals surface area contributed by atoms with Crippen LogP contribution in [0.25, 0.3) is 10.8 Å². The van der Waals surface area contributed by atoms with Gasteiger partial charge in [0.1, 0.15) is 5.75 Å². The molecule has 1 atom stereocenters. The van der Waals surface area contributed by atoms with Gasteiger partial charge < -0.3 is 9.84 Å². The first-order valence-electron chi connectivity index (χ1n) is 8.04. The molecule has 0 aliphatic heterocycles. The molecule has 26 heavy (non-hydrogen) atoms. The number of hydrogen-bond donors (Lipinski definition) is 1. The number of nitrogens with zero attached hydrogens (tertiary/aromatic N) is 2. The second-order valence-corrected chi connectivity index (χ2v) is 7.81. The van der Waals surface area contributed by atoms with Gasteiger partial charge in [0.2, 0.25) is 10.0 Å². The van der Waals surface area contributed by atoms with Crippen molar-refractivity contribution in [3.8, 4) is 5.75 Å². The predicted molar refractivity (Wildman–Crippen MR) is 99.5 cm³/mol. The molecule has 1 N–H and O–H groups in total. The van der Waals surface area contributed by atoms with Gasteiger partial charge in [0.05, 0.1) is 24.7 Å². The van der Waals surface area contributed by atoms with Crippen molar-refractivity contribution in [1.82, 2.24) is 9.29 Å². The number of fused-ring (bicyclic) bond motifs is 1. The fourth-order valence-corrected chi connectivity index (χ4v) is 4.44. The van der Waals surface area contributed by atoms with Crippen molar-refractivity contribution in [3.63, 3.8) is 0 Å². The molecular weight excluding hydrogens is 352 g/mol. The second-order valence-electron chi connectivity index (χ2n) is 5.85. The molecular formula is C19H20N2O4S. The van der Waals surface area contributed by atoms with Gasteiger partial charge >= 0.3 is 0 Å². The van der Waals surface area contributed by atoms with Gasteiger partial charge in [-0.15, -0.1) is 0 Å². The van der Waals surface area contributed by atoms with Gasteiger partial charge in [-0.1, -0.05) is 24.3 Å². The van der Waals surface area contributed by atoms with Gasteiger partial charge in [-0.2, -0.15) is 4.31 Å². The van der Waals surface area contributed by atoms with Crippen LogP contribution < -0.4 is 4.74 Å². The van der Waals surface area contributed by atoms with E-state index in [1.54, 1.807) is 62.0 Å². The summed E-state index contributed by atoms with van der Waals surface area (Å²) in [5.41, 5.74) is 0.682. The number of rotatable bonds is 6. The number of likely N-dealkylation sites (N-methyl/N-ethyl adjacent to an activating group) is 1. The van der Waals surface area contributed by atoms with Gasteiger partial charge in [0, 0.05) is 30.2 Å². The predicted octanol–water partition coefficient (Wildman–Crippen LogP) is 2.60. The van der Waals surface area contributed by atoms with Crippen LogP contribution in [0.1, 0.15) is 11.6 Å². The zero-order valence-corrected chi connectivity index (χ0v) is 15.3. The van der Waals surface area contributed by atoms with Crippen LogP contribution in [-0.4, -0.2) is 43.6 Å². The van der Waals surface area contributed by atoms with Crippen molar-refractivity contribution < 1.29 is 18.3 Å². The van der Waals surface area contributed by atoms with Crippen LogP contribution >= 0.6 is 0 Å². The van der Waals surface area contributed by atoms with E-state index in [0.717, 1.165) is 5.39 Å². The maximum atomic E-state index is 13.2. The summed E-state index contributed by atoms with van der Waals surface area (Å²) in [6, 6.07) is 13.0. The lowest BCUT2D eigenvalue weighted by molar-refractivity contribution is 0.204. The van der Waals surface area contributed by atoms with Crippen molar-refractivity contribution in [2.75, 3.05) is 20.8 Å². The summed E-state index contributed by atoms with van der Waals surface area (Å²) in [5.74, 6) is 0.664. The minimum Gasteiger partial charge on any atom is -0.497 e. The number of aliphatic hydroxyl groups excluding tert-OH is 1. The first kappa shape index (κ1) is 18.3. The van der Waals surface area contributed by atoms with E-state index in [0.29, 0.717) is 16.7 Å². The molecule has 0 saturated carbocycles. The molecule has 0 spiro atoms. The quantitative estimate of drug-likeness (QED) is 0.719. The molecule has 3 aromatic rings. The maximum Gasteiger partial charge on any atom is 0.244 e. The molecule has 0 bridgehead atoms. The summed E-state index contributed by atoms with van der Waals surface area (Å²) in [4.78, 5) is 4.22. The van der Waals surface area contributed by atoms with E-state index >= 15 is 0 Å². The van der Waals surface area contributed by atoms with Crippen LogP contribution in [0.15, 0.2) is 65.8 Å². The Morgan fingerprint density at radius 1 is 1.15 bits per heavy atom. The Labute approximate surface area is 152 Å². The molecule has 7 heteroatoms. The lowest BCUT2D eigenvalue weighted by atomic mass is 10.1. The largest absolute Gasteiger partial charge is 0.497 e. The highest BCUT2D eigenvalue weighted by Gasteiger charge is 2.30. The molecule has 1 aromatic heterocycles. The monoisotopic (exact) mass is 372 g/mol. The molecule has 1 heterocycles. The Balaban J connectivity index is 2.03. The van der Waals surface area contributed by atoms with Crippen molar-refractivity contribution in [3.05, 3.63) is 66.5 Å². The summed E-state index contributed by atoms with van der Waals surface area (Å²) in [7, 11) is -0.794. The summed E-state index contributed by atoms with van der Waals surface area (Å²) < 4.78 is 32.8. The smallest absolute Gasteiger partial charge is 0.244 e. The van der Waals surface area contributed by atoms with Crippen molar-refractivity contribution in [2.45, 2.75) is 10.9 Å². The molecule has 1 unspecified atom stereocenters. The second kappa shape index (κ2) is 7.41. The highest BCUT2D eigenvalue weighted by Crippen LogP contribution is 2.30. The number of methoxy groups -OCH3 is 1. The van der Waals surface area contributed by atoms with Crippen LogP contribution in [0.3, 0.4) is 0 Å². The Morgan fingerprint density at radius 3 is 2.54 bits per heavy atom. The van der Waals surface area contributed by atoms with E-state index in [9.17, 15) is 13.5 Å². The Morgan fingerprint density at radius 2 is 1.88 bits per heavy atom. The number of ether oxygens (including phenoxy) is 1. The van der Waals surface area contributed by atoms with E-state index < -0.39 is 16.1 Å². The minimum absolute atomic E-state index is 0.187. The van der Waals surface area contributed by atoms with Crippen LogP contribution in [-0.2, 0) is 10.0 Å². The average molecular weight is 372 g/mol. The zero-order chi connectivity index (χ0) is 18.7. The lowest BCUT2D eigenvalue weighted by Gasteiger charge is -2.27. The third-order valence-corrected chi connectivity index (χ3v) is 6.33. The van der Waals surface area contributed by atoms with Crippen molar-refractivity contribution in [1.29, 1.82) is 0 Å². The number of pyridine rings is 1. The number of benzene rings is 2. The van der Waals surface area contributed by atoms with Crippen LogP contribution in [0, 0.1) is 0 Å².